The molecule has 0 bridgehead atoms. The van der Waals surface area contributed by atoms with Gasteiger partial charge >= 0.3 is 0 Å². The summed E-state index contributed by atoms with van der Waals surface area (Å²) in [7, 11) is 1.86. The number of amides is 1. The van der Waals surface area contributed by atoms with E-state index in [1.165, 1.54) is 28.7 Å². The van der Waals surface area contributed by atoms with Gasteiger partial charge in [-0.1, -0.05) is 11.3 Å². The van der Waals surface area contributed by atoms with Crippen LogP contribution in [0.15, 0.2) is 29.8 Å². The molecule has 1 aliphatic heterocycles. The largest absolute Gasteiger partial charge is 0.454 e. The standard InChI is InChI=1S/C13H11N5O3S/c1-17-8-2-9-10(21-7-20-9)3-11(8)22-13(17)16-12(19)4-18-6-14-5-15-18/h2-3,5-6H,4,7H2,1H3. The van der Waals surface area contributed by atoms with Gasteiger partial charge in [0.2, 0.25) is 6.79 Å². The molecular weight excluding hydrogens is 306 g/mol. The van der Waals surface area contributed by atoms with E-state index in [0.717, 1.165) is 16.0 Å². The second kappa shape index (κ2) is 4.95. The molecule has 0 unspecified atom stereocenters. The second-order valence-electron chi connectivity index (χ2n) is 4.72. The van der Waals surface area contributed by atoms with Gasteiger partial charge < -0.3 is 14.0 Å². The van der Waals surface area contributed by atoms with Gasteiger partial charge in [0.25, 0.3) is 5.91 Å². The molecule has 0 radical (unpaired) electrons. The van der Waals surface area contributed by atoms with Crippen molar-refractivity contribution in [2.24, 2.45) is 12.0 Å². The predicted octanol–water partition coefficient (Wildman–Crippen LogP) is 0.687. The lowest BCUT2D eigenvalue weighted by Crippen LogP contribution is -2.16. The zero-order valence-electron chi connectivity index (χ0n) is 11.6. The van der Waals surface area contributed by atoms with Crippen molar-refractivity contribution < 1.29 is 14.3 Å². The van der Waals surface area contributed by atoms with Crippen molar-refractivity contribution >= 4 is 27.5 Å². The molecule has 112 valence electrons. The Bertz CT molecular complexity index is 925. The Morgan fingerprint density at radius 3 is 3.00 bits per heavy atom. The summed E-state index contributed by atoms with van der Waals surface area (Å²) in [6.07, 6.45) is 2.87. The zero-order chi connectivity index (χ0) is 15.1. The van der Waals surface area contributed by atoms with Crippen LogP contribution in [0.1, 0.15) is 0 Å². The highest BCUT2D eigenvalue weighted by Gasteiger charge is 2.16. The molecule has 0 spiro atoms. The Labute approximate surface area is 128 Å². The van der Waals surface area contributed by atoms with Gasteiger partial charge in [-0.15, -0.1) is 0 Å². The highest BCUT2D eigenvalue weighted by Crippen LogP contribution is 2.36. The zero-order valence-corrected chi connectivity index (χ0v) is 12.4. The van der Waals surface area contributed by atoms with Gasteiger partial charge in [-0.3, -0.25) is 4.79 Å². The molecule has 22 heavy (non-hydrogen) atoms. The molecule has 0 saturated carbocycles. The maximum Gasteiger partial charge on any atom is 0.270 e. The van der Waals surface area contributed by atoms with Gasteiger partial charge in [0, 0.05) is 19.2 Å². The van der Waals surface area contributed by atoms with E-state index in [1.54, 1.807) is 0 Å². The van der Waals surface area contributed by atoms with E-state index in [-0.39, 0.29) is 19.2 Å². The molecular formula is C13H11N5O3S. The quantitative estimate of drug-likeness (QED) is 0.694. The van der Waals surface area contributed by atoms with Crippen molar-refractivity contribution in [2.75, 3.05) is 6.79 Å². The highest BCUT2D eigenvalue weighted by atomic mass is 32.1. The van der Waals surface area contributed by atoms with Crippen LogP contribution in [0.4, 0.5) is 0 Å². The molecule has 1 aromatic carbocycles. The highest BCUT2D eigenvalue weighted by molar-refractivity contribution is 7.16. The SMILES string of the molecule is Cn1c(=NC(=O)Cn2cncn2)sc2cc3c(cc21)OCO3. The lowest BCUT2D eigenvalue weighted by atomic mass is 10.3. The van der Waals surface area contributed by atoms with E-state index in [9.17, 15) is 4.79 Å². The number of fused-ring (bicyclic) bond motifs is 2. The summed E-state index contributed by atoms with van der Waals surface area (Å²) in [5.41, 5.74) is 0.946. The second-order valence-corrected chi connectivity index (χ2v) is 5.72. The fourth-order valence-corrected chi connectivity index (χ4v) is 3.26. The summed E-state index contributed by atoms with van der Waals surface area (Å²) in [6.45, 7) is 0.306. The minimum atomic E-state index is -0.285. The summed E-state index contributed by atoms with van der Waals surface area (Å²) < 4.78 is 15.0. The van der Waals surface area contributed by atoms with Gasteiger partial charge in [0.15, 0.2) is 16.3 Å². The number of nitrogens with zero attached hydrogens (tertiary/aromatic N) is 5. The maximum atomic E-state index is 12.0. The molecule has 3 aromatic rings. The first-order valence-corrected chi connectivity index (χ1v) is 7.31. The Morgan fingerprint density at radius 2 is 2.23 bits per heavy atom. The van der Waals surface area contributed by atoms with Crippen LogP contribution >= 0.6 is 11.3 Å². The van der Waals surface area contributed by atoms with Crippen LogP contribution in [-0.2, 0) is 18.4 Å². The molecule has 4 rings (SSSR count). The number of carbonyl (C=O) groups excluding carboxylic acids is 1. The monoisotopic (exact) mass is 317 g/mol. The summed E-state index contributed by atoms with van der Waals surface area (Å²) in [5.74, 6) is 1.14. The molecule has 1 amide bonds. The van der Waals surface area contributed by atoms with Crippen molar-refractivity contribution in [2.45, 2.75) is 6.54 Å². The van der Waals surface area contributed by atoms with E-state index in [2.05, 4.69) is 15.1 Å². The molecule has 0 atom stereocenters. The van der Waals surface area contributed by atoms with Crippen molar-refractivity contribution in [3.05, 3.63) is 29.6 Å². The van der Waals surface area contributed by atoms with Crippen molar-refractivity contribution in [3.8, 4) is 11.5 Å². The van der Waals surface area contributed by atoms with Gasteiger partial charge in [-0.2, -0.15) is 10.1 Å². The Kier molecular flexibility index (Phi) is 2.93. The Balaban J connectivity index is 1.74. The first-order chi connectivity index (χ1) is 10.7. The van der Waals surface area contributed by atoms with Crippen LogP contribution in [0.5, 0.6) is 11.5 Å². The Morgan fingerprint density at radius 1 is 1.41 bits per heavy atom. The average molecular weight is 317 g/mol. The number of rotatable bonds is 2. The normalized spacial score (nSPS) is 14.0. The molecule has 3 heterocycles. The first-order valence-electron chi connectivity index (χ1n) is 6.50. The first kappa shape index (κ1) is 13.0. The smallest absolute Gasteiger partial charge is 0.270 e. The van der Waals surface area contributed by atoms with Gasteiger partial charge in [-0.25, -0.2) is 9.67 Å². The van der Waals surface area contributed by atoms with E-state index in [4.69, 9.17) is 9.47 Å². The molecule has 9 heteroatoms. The number of aryl methyl sites for hydroxylation is 1. The predicted molar refractivity (Wildman–Crippen MR) is 77.5 cm³/mol. The van der Waals surface area contributed by atoms with Crippen LogP contribution < -0.4 is 14.3 Å². The minimum Gasteiger partial charge on any atom is -0.454 e. The summed E-state index contributed by atoms with van der Waals surface area (Å²) in [5, 5.41) is 3.89. The molecule has 0 fully saturated rings. The van der Waals surface area contributed by atoms with E-state index in [1.807, 2.05) is 23.7 Å². The number of ether oxygens (including phenoxy) is 2. The number of aromatic nitrogens is 4. The van der Waals surface area contributed by atoms with Crippen molar-refractivity contribution in [1.29, 1.82) is 0 Å². The maximum absolute atomic E-state index is 12.0. The number of thiazole rings is 1. The summed E-state index contributed by atoms with van der Waals surface area (Å²) in [6, 6.07) is 3.80. The van der Waals surface area contributed by atoms with Crippen LogP contribution in [-0.4, -0.2) is 32.0 Å². The third-order valence-electron chi connectivity index (χ3n) is 3.29. The fraction of sp³-hybridized carbons (Fsp3) is 0.231. The van der Waals surface area contributed by atoms with Gasteiger partial charge in [-0.05, 0) is 0 Å². The van der Waals surface area contributed by atoms with E-state index in [0.29, 0.717) is 10.6 Å². The molecule has 1 aliphatic rings. The number of benzene rings is 1. The van der Waals surface area contributed by atoms with Crippen LogP contribution in [0.25, 0.3) is 10.2 Å². The number of hydrogen-bond acceptors (Lipinski definition) is 6. The lowest BCUT2D eigenvalue weighted by Gasteiger charge is -1.98. The third-order valence-corrected chi connectivity index (χ3v) is 4.38. The molecule has 8 nitrogen and oxygen atoms in total. The number of hydrogen-bond donors (Lipinski definition) is 0. The average Bonchev–Trinajstić information content (AvgIpc) is 3.20. The van der Waals surface area contributed by atoms with E-state index >= 15 is 0 Å². The third kappa shape index (κ3) is 2.15. The molecule has 0 saturated heterocycles. The van der Waals surface area contributed by atoms with Crippen LogP contribution in [0.3, 0.4) is 0 Å². The van der Waals surface area contributed by atoms with Crippen LogP contribution in [0.2, 0.25) is 0 Å². The van der Waals surface area contributed by atoms with E-state index < -0.39 is 0 Å². The lowest BCUT2D eigenvalue weighted by molar-refractivity contribution is -0.118. The van der Waals surface area contributed by atoms with Crippen molar-refractivity contribution in [1.82, 2.24) is 19.3 Å². The van der Waals surface area contributed by atoms with Crippen molar-refractivity contribution in [3.63, 3.8) is 0 Å². The number of carbonyl (C=O) groups is 1. The summed E-state index contributed by atoms with van der Waals surface area (Å²) in [4.78, 5) is 20.6. The van der Waals surface area contributed by atoms with Gasteiger partial charge in [0.1, 0.15) is 19.2 Å². The topological polar surface area (TPSA) is 83.5 Å². The molecule has 0 aliphatic carbocycles. The molecule has 0 N–H and O–H groups in total. The van der Waals surface area contributed by atoms with Crippen LogP contribution in [0, 0.1) is 0 Å². The Hall–Kier alpha value is -2.68. The minimum absolute atomic E-state index is 0.0664. The van der Waals surface area contributed by atoms with Gasteiger partial charge in [0.05, 0.1) is 10.2 Å². The summed E-state index contributed by atoms with van der Waals surface area (Å²) >= 11 is 1.43. The molecule has 2 aromatic heterocycles. The fourth-order valence-electron chi connectivity index (χ4n) is 2.22.